The molecule has 0 spiro atoms. The van der Waals surface area contributed by atoms with Gasteiger partial charge in [-0.3, -0.25) is 4.99 Å². The molecule has 4 rings (SSSR count). The Labute approximate surface area is 160 Å². The first-order valence-corrected chi connectivity index (χ1v) is 9.05. The second-order valence-electron chi connectivity index (χ2n) is 6.49. The summed E-state index contributed by atoms with van der Waals surface area (Å²) in [7, 11) is 1.69. The van der Waals surface area contributed by atoms with Crippen molar-refractivity contribution in [3.63, 3.8) is 0 Å². The molecule has 1 atom stereocenters. The summed E-state index contributed by atoms with van der Waals surface area (Å²) in [5.74, 6) is 1.09. The average molecular weight is 390 g/mol. The van der Waals surface area contributed by atoms with E-state index in [0.29, 0.717) is 10.6 Å². The van der Waals surface area contributed by atoms with E-state index < -0.39 is 6.61 Å². The molecule has 27 heavy (non-hydrogen) atoms. The van der Waals surface area contributed by atoms with E-state index in [1.54, 1.807) is 25.2 Å². The first kappa shape index (κ1) is 17.9. The number of alkyl halides is 2. The van der Waals surface area contributed by atoms with E-state index >= 15 is 0 Å². The van der Waals surface area contributed by atoms with Gasteiger partial charge in [0.1, 0.15) is 11.6 Å². The highest BCUT2D eigenvalue weighted by Gasteiger charge is 2.32. The molecule has 1 aliphatic heterocycles. The van der Waals surface area contributed by atoms with Gasteiger partial charge in [-0.1, -0.05) is 23.7 Å². The number of benzene rings is 2. The normalized spacial score (nSPS) is 17.0. The van der Waals surface area contributed by atoms with Crippen molar-refractivity contribution in [1.29, 1.82) is 0 Å². The number of rotatable bonds is 4. The second kappa shape index (κ2) is 6.93. The summed E-state index contributed by atoms with van der Waals surface area (Å²) in [5.41, 5.74) is 4.01. The fourth-order valence-electron chi connectivity index (χ4n) is 3.83. The van der Waals surface area contributed by atoms with Crippen molar-refractivity contribution in [3.05, 3.63) is 58.4 Å². The number of aryl methyl sites for hydroxylation is 1. The summed E-state index contributed by atoms with van der Waals surface area (Å²) in [4.78, 5) is 8.94. The van der Waals surface area contributed by atoms with Gasteiger partial charge in [0.05, 0.1) is 17.1 Å². The molecule has 2 heterocycles. The molecule has 0 fully saturated rings. The lowest BCUT2D eigenvalue weighted by Crippen LogP contribution is -2.15. The molecule has 0 saturated heterocycles. The molecule has 1 aromatic heterocycles. The third-order valence-electron chi connectivity index (χ3n) is 5.02. The third kappa shape index (κ3) is 3.08. The Morgan fingerprint density at radius 3 is 2.89 bits per heavy atom. The minimum absolute atomic E-state index is 0.173. The molecule has 0 amide bonds. The minimum Gasteiger partial charge on any atom is -0.434 e. The molecule has 0 N–H and O–H groups in total. The van der Waals surface area contributed by atoms with Crippen molar-refractivity contribution in [1.82, 2.24) is 9.55 Å². The van der Waals surface area contributed by atoms with Gasteiger partial charge in [-0.05, 0) is 37.6 Å². The second-order valence-corrected chi connectivity index (χ2v) is 6.93. The average Bonchev–Trinajstić information content (AvgIpc) is 3.20. The van der Waals surface area contributed by atoms with Crippen LogP contribution in [-0.4, -0.2) is 28.9 Å². The summed E-state index contributed by atoms with van der Waals surface area (Å²) in [6, 6.07) is 10.5. The van der Waals surface area contributed by atoms with Crippen LogP contribution in [0, 0.1) is 0 Å². The first-order chi connectivity index (χ1) is 13.0. The highest BCUT2D eigenvalue weighted by molar-refractivity contribution is 6.31. The molecule has 0 bridgehead atoms. The molecule has 0 aliphatic carbocycles. The van der Waals surface area contributed by atoms with E-state index in [4.69, 9.17) is 16.3 Å². The van der Waals surface area contributed by atoms with Gasteiger partial charge >= 0.3 is 6.61 Å². The maximum absolute atomic E-state index is 13.1. The van der Waals surface area contributed by atoms with Crippen molar-refractivity contribution in [2.24, 2.45) is 4.99 Å². The van der Waals surface area contributed by atoms with Crippen LogP contribution < -0.4 is 4.74 Å². The van der Waals surface area contributed by atoms with Crippen LogP contribution in [0.4, 0.5) is 8.78 Å². The van der Waals surface area contributed by atoms with Crippen LogP contribution >= 0.6 is 11.6 Å². The van der Waals surface area contributed by atoms with Gasteiger partial charge in [-0.15, -0.1) is 0 Å². The van der Waals surface area contributed by atoms with E-state index in [0.717, 1.165) is 41.0 Å². The van der Waals surface area contributed by atoms with Gasteiger partial charge < -0.3 is 9.30 Å². The summed E-state index contributed by atoms with van der Waals surface area (Å²) < 4.78 is 33.1. The maximum atomic E-state index is 13.1. The maximum Gasteiger partial charge on any atom is 0.387 e. The lowest BCUT2D eigenvalue weighted by atomic mass is 9.94. The summed E-state index contributed by atoms with van der Waals surface area (Å²) in [6.07, 6.45) is 1.50. The number of fused-ring (bicyclic) bond motifs is 3. The lowest BCUT2D eigenvalue weighted by molar-refractivity contribution is -0.0506. The van der Waals surface area contributed by atoms with E-state index in [1.807, 2.05) is 25.1 Å². The van der Waals surface area contributed by atoms with Gasteiger partial charge in [-0.25, -0.2) is 4.98 Å². The van der Waals surface area contributed by atoms with Crippen LogP contribution in [0.3, 0.4) is 0 Å². The predicted octanol–water partition coefficient (Wildman–Crippen LogP) is 5.27. The molecule has 7 heteroatoms. The summed E-state index contributed by atoms with van der Waals surface area (Å²) in [5, 5.41) is 0.611. The summed E-state index contributed by atoms with van der Waals surface area (Å²) >= 11 is 6.19. The topological polar surface area (TPSA) is 39.4 Å². The number of nitrogens with zero attached hydrogens (tertiary/aromatic N) is 3. The molecule has 3 aromatic rings. The Hall–Kier alpha value is -2.47. The Balaban J connectivity index is 1.95. The number of halogens is 3. The summed E-state index contributed by atoms with van der Waals surface area (Å²) in [6.45, 7) is -1.03. The molecule has 140 valence electrons. The van der Waals surface area contributed by atoms with Crippen molar-refractivity contribution in [2.45, 2.75) is 32.4 Å². The highest BCUT2D eigenvalue weighted by atomic mass is 35.5. The number of hydrogen-bond donors (Lipinski definition) is 0. The minimum atomic E-state index is -2.90. The van der Waals surface area contributed by atoms with Crippen LogP contribution in [0.15, 0.2) is 41.4 Å². The van der Waals surface area contributed by atoms with Crippen molar-refractivity contribution >= 4 is 28.3 Å². The smallest absolute Gasteiger partial charge is 0.387 e. The van der Waals surface area contributed by atoms with Gasteiger partial charge in [-0.2, -0.15) is 8.78 Å². The predicted molar refractivity (Wildman–Crippen MR) is 102 cm³/mol. The quantitative estimate of drug-likeness (QED) is 0.570. The molecular formula is C20H18ClF2N3O. The standard InChI is InChI=1S/C20H18ClF2N3O/c1-11(24-2)13-4-3-5-17(27-20(22)23)19(13)15-8-9-18-25-14-7-6-12(21)10-16(14)26(15)18/h3-7,10,15,20H,8-9H2,1-2H3/t15-/m1/s1. The number of ether oxygens (including phenoxy) is 1. The zero-order valence-corrected chi connectivity index (χ0v) is 15.7. The van der Waals surface area contributed by atoms with Crippen LogP contribution in [0.2, 0.25) is 5.02 Å². The van der Waals surface area contributed by atoms with E-state index in [1.165, 1.54) is 0 Å². The van der Waals surface area contributed by atoms with Crippen LogP contribution in [-0.2, 0) is 6.42 Å². The van der Waals surface area contributed by atoms with Gasteiger partial charge in [0.25, 0.3) is 0 Å². The number of imidazole rings is 1. The van der Waals surface area contributed by atoms with Crippen molar-refractivity contribution < 1.29 is 13.5 Å². The number of hydrogen-bond acceptors (Lipinski definition) is 3. The molecule has 0 radical (unpaired) electrons. The van der Waals surface area contributed by atoms with E-state index in [2.05, 4.69) is 14.5 Å². The lowest BCUT2D eigenvalue weighted by Gasteiger charge is -2.22. The Kier molecular flexibility index (Phi) is 4.60. The molecule has 2 aromatic carbocycles. The van der Waals surface area contributed by atoms with Crippen molar-refractivity contribution in [3.8, 4) is 5.75 Å². The Bertz CT molecular complexity index is 1050. The van der Waals surface area contributed by atoms with E-state index in [9.17, 15) is 8.78 Å². The molecule has 0 unspecified atom stereocenters. The monoisotopic (exact) mass is 389 g/mol. The first-order valence-electron chi connectivity index (χ1n) is 8.67. The van der Waals surface area contributed by atoms with Crippen molar-refractivity contribution in [2.75, 3.05) is 7.05 Å². The number of aromatic nitrogens is 2. The zero-order valence-electron chi connectivity index (χ0n) is 14.9. The Morgan fingerprint density at radius 2 is 2.15 bits per heavy atom. The molecule has 0 saturated carbocycles. The van der Waals surface area contributed by atoms with Gasteiger partial charge in [0.15, 0.2) is 0 Å². The molecule has 4 nitrogen and oxygen atoms in total. The van der Waals surface area contributed by atoms with E-state index in [-0.39, 0.29) is 11.8 Å². The van der Waals surface area contributed by atoms with Gasteiger partial charge in [0, 0.05) is 35.3 Å². The third-order valence-corrected chi connectivity index (χ3v) is 5.25. The largest absolute Gasteiger partial charge is 0.434 e. The SMILES string of the molecule is CN=C(C)c1cccc(OC(F)F)c1[C@H]1CCc2nc3ccc(Cl)cc3n21. The fraction of sp³-hybridized carbons (Fsp3) is 0.300. The zero-order chi connectivity index (χ0) is 19.1. The van der Waals surface area contributed by atoms with Crippen LogP contribution in [0.1, 0.15) is 36.3 Å². The van der Waals surface area contributed by atoms with Crippen LogP contribution in [0.5, 0.6) is 5.75 Å². The van der Waals surface area contributed by atoms with Crippen LogP contribution in [0.25, 0.3) is 11.0 Å². The number of aliphatic imine (C=N–C) groups is 1. The molecular weight excluding hydrogens is 372 g/mol. The van der Waals surface area contributed by atoms with Gasteiger partial charge in [0.2, 0.25) is 0 Å². The molecule has 1 aliphatic rings. The Morgan fingerprint density at radius 1 is 1.33 bits per heavy atom. The fourth-order valence-corrected chi connectivity index (χ4v) is 4.00. The highest BCUT2D eigenvalue weighted by Crippen LogP contribution is 2.42.